The molecule has 0 aromatic carbocycles. The quantitative estimate of drug-likeness (QED) is 0.392. The molecule has 0 radical (unpaired) electrons. The molecule has 128 valence electrons. The molecule has 0 nitrogen and oxygen atoms in total. The van der Waals surface area contributed by atoms with E-state index in [-0.39, 0.29) is 24.8 Å². The van der Waals surface area contributed by atoms with Crippen molar-refractivity contribution in [3.63, 3.8) is 0 Å². The molecular formula is C20H30Cl2Zr. The van der Waals surface area contributed by atoms with Gasteiger partial charge in [0.05, 0.1) is 0 Å². The first-order chi connectivity index (χ1) is 10.0. The Balaban J connectivity index is 0.00000242. The molecule has 0 aromatic rings. The van der Waals surface area contributed by atoms with E-state index in [1.807, 2.05) is 3.28 Å². The first-order valence-corrected chi connectivity index (χ1v) is 10.7. The molecule has 3 heteroatoms. The second kappa shape index (κ2) is 10.9. The average Bonchev–Trinajstić information content (AvgIpc) is 2.99. The third-order valence-corrected chi connectivity index (χ3v) is 9.16. The van der Waals surface area contributed by atoms with Crippen LogP contribution in [0.25, 0.3) is 0 Å². The maximum absolute atomic E-state index is 2.48. The molecule has 0 bridgehead atoms. The number of hydrogen-bond acceptors (Lipinski definition) is 0. The Morgan fingerprint density at radius 3 is 2.43 bits per heavy atom. The van der Waals surface area contributed by atoms with Gasteiger partial charge in [0, 0.05) is 0 Å². The van der Waals surface area contributed by atoms with E-state index < -0.39 is 23.2 Å². The van der Waals surface area contributed by atoms with Gasteiger partial charge in [0.2, 0.25) is 0 Å². The van der Waals surface area contributed by atoms with Crippen LogP contribution in [0.1, 0.15) is 60.3 Å². The van der Waals surface area contributed by atoms with Crippen LogP contribution in [0.2, 0.25) is 0 Å². The first kappa shape index (κ1) is 23.2. The summed E-state index contributed by atoms with van der Waals surface area (Å²) < 4.78 is 3.56. The molecule has 0 aliphatic heterocycles. The van der Waals surface area contributed by atoms with Crippen LogP contribution in [0.5, 0.6) is 0 Å². The summed E-state index contributed by atoms with van der Waals surface area (Å²) in [6, 6.07) is 0. The van der Waals surface area contributed by atoms with Gasteiger partial charge < -0.3 is 0 Å². The fourth-order valence-corrected chi connectivity index (χ4v) is 6.96. The zero-order valence-electron chi connectivity index (χ0n) is 15.0. The summed E-state index contributed by atoms with van der Waals surface area (Å²) in [6.07, 6.45) is 14.6. The van der Waals surface area contributed by atoms with E-state index in [2.05, 4.69) is 58.9 Å². The SMILES string of the molecule is CCCCC=CC1=CC[C]([Zr][C]2=C(C)C(C)=C(C)C2C)=C1.Cl.Cl. The summed E-state index contributed by atoms with van der Waals surface area (Å²) in [5.74, 6) is 0.710. The van der Waals surface area contributed by atoms with Crippen molar-refractivity contribution in [2.75, 3.05) is 0 Å². The minimum Gasteiger partial charge on any atom is -0.147 e. The van der Waals surface area contributed by atoms with Crippen LogP contribution in [0.15, 0.2) is 53.2 Å². The molecule has 0 saturated heterocycles. The van der Waals surface area contributed by atoms with E-state index in [1.165, 1.54) is 31.3 Å². The van der Waals surface area contributed by atoms with Gasteiger partial charge >= 0.3 is 143 Å². The van der Waals surface area contributed by atoms with Crippen molar-refractivity contribution < 1.29 is 23.2 Å². The predicted molar refractivity (Wildman–Crippen MR) is 104 cm³/mol. The molecule has 0 spiro atoms. The number of rotatable bonds is 6. The second-order valence-electron chi connectivity index (χ2n) is 6.32. The molecule has 2 rings (SSSR count). The van der Waals surface area contributed by atoms with Crippen molar-refractivity contribution >= 4 is 24.8 Å². The predicted octanol–water partition coefficient (Wildman–Crippen LogP) is 7.13. The molecular weight excluding hydrogens is 402 g/mol. The van der Waals surface area contributed by atoms with Gasteiger partial charge in [-0.3, -0.25) is 0 Å². The van der Waals surface area contributed by atoms with Crippen LogP contribution in [-0.4, -0.2) is 0 Å². The second-order valence-corrected chi connectivity index (χ2v) is 9.83. The molecule has 0 heterocycles. The zero-order valence-corrected chi connectivity index (χ0v) is 19.1. The maximum Gasteiger partial charge on any atom is -0.147 e. The molecule has 0 aromatic heterocycles. The largest absolute Gasteiger partial charge is 0.147 e. The Hall–Kier alpha value is 0.163. The van der Waals surface area contributed by atoms with Crippen LogP contribution < -0.4 is 0 Å². The zero-order chi connectivity index (χ0) is 15.4. The standard InChI is InChI=1S/C11H15.C9H13.2ClH.Zr/c1-2-3-4-5-8-11-9-6-7-10-11;1-6-5-7(2)9(4)8(6)3;;;/h5,8-10H,2-4,6H2,1H3;6H,1-4H3;2*1H;. The summed E-state index contributed by atoms with van der Waals surface area (Å²) in [6.45, 7) is 11.6. The van der Waals surface area contributed by atoms with Gasteiger partial charge in [-0.25, -0.2) is 0 Å². The van der Waals surface area contributed by atoms with E-state index in [0.717, 1.165) is 0 Å². The molecule has 1 atom stereocenters. The van der Waals surface area contributed by atoms with Crippen molar-refractivity contribution in [2.24, 2.45) is 5.92 Å². The van der Waals surface area contributed by atoms with E-state index >= 15 is 0 Å². The van der Waals surface area contributed by atoms with E-state index in [1.54, 1.807) is 20.0 Å². The molecule has 0 N–H and O–H groups in total. The molecule has 2 aliphatic rings. The molecule has 1 unspecified atom stereocenters. The van der Waals surface area contributed by atoms with Gasteiger partial charge in [-0.1, -0.05) is 0 Å². The normalized spacial score (nSPS) is 20.5. The van der Waals surface area contributed by atoms with E-state index in [4.69, 9.17) is 0 Å². The molecule has 2 aliphatic carbocycles. The Labute approximate surface area is 166 Å². The summed E-state index contributed by atoms with van der Waals surface area (Å²) in [5.41, 5.74) is 6.23. The van der Waals surface area contributed by atoms with Gasteiger partial charge in [0.15, 0.2) is 0 Å². The van der Waals surface area contributed by atoms with Crippen molar-refractivity contribution in [1.82, 2.24) is 0 Å². The van der Waals surface area contributed by atoms with Crippen LogP contribution in [0, 0.1) is 5.92 Å². The van der Waals surface area contributed by atoms with Crippen LogP contribution in [0.4, 0.5) is 0 Å². The summed E-state index contributed by atoms with van der Waals surface area (Å²) in [5, 5.41) is 0. The van der Waals surface area contributed by atoms with Crippen LogP contribution >= 0.6 is 24.8 Å². The number of halogens is 2. The van der Waals surface area contributed by atoms with Gasteiger partial charge in [0.25, 0.3) is 0 Å². The molecule has 0 saturated carbocycles. The molecule has 23 heavy (non-hydrogen) atoms. The number of hydrogen-bond donors (Lipinski definition) is 0. The Morgan fingerprint density at radius 2 is 1.87 bits per heavy atom. The fourth-order valence-electron chi connectivity index (χ4n) is 3.03. The molecule has 0 fully saturated rings. The van der Waals surface area contributed by atoms with Crippen LogP contribution in [-0.2, 0) is 23.2 Å². The van der Waals surface area contributed by atoms with E-state index in [0.29, 0.717) is 5.92 Å². The van der Waals surface area contributed by atoms with Gasteiger partial charge in [-0.2, -0.15) is 0 Å². The minimum atomic E-state index is -0.560. The van der Waals surface area contributed by atoms with E-state index in [9.17, 15) is 0 Å². The number of allylic oxidation sites excluding steroid dienone is 10. The third kappa shape index (κ3) is 5.87. The van der Waals surface area contributed by atoms with Gasteiger partial charge in [-0.05, 0) is 0 Å². The van der Waals surface area contributed by atoms with Crippen molar-refractivity contribution in [3.05, 3.63) is 53.2 Å². The Morgan fingerprint density at radius 1 is 1.17 bits per heavy atom. The topological polar surface area (TPSA) is 0 Å². The summed E-state index contributed by atoms with van der Waals surface area (Å²) >= 11 is -0.560. The van der Waals surface area contributed by atoms with Crippen molar-refractivity contribution in [3.8, 4) is 0 Å². The van der Waals surface area contributed by atoms with Gasteiger partial charge in [0.1, 0.15) is 0 Å². The first-order valence-electron chi connectivity index (χ1n) is 8.27. The number of unbranched alkanes of at least 4 members (excludes halogenated alkanes) is 2. The molecule has 0 amide bonds. The maximum atomic E-state index is 2.48. The Kier molecular flexibility index (Phi) is 11.0. The summed E-state index contributed by atoms with van der Waals surface area (Å²) in [4.78, 5) is 0. The third-order valence-electron chi connectivity index (χ3n) is 4.87. The minimum absolute atomic E-state index is 0. The average molecular weight is 433 g/mol. The summed E-state index contributed by atoms with van der Waals surface area (Å²) in [7, 11) is 0. The smallest absolute Gasteiger partial charge is 0.147 e. The van der Waals surface area contributed by atoms with Crippen molar-refractivity contribution in [1.29, 1.82) is 0 Å². The van der Waals surface area contributed by atoms with Crippen LogP contribution in [0.3, 0.4) is 0 Å². The Bertz CT molecular complexity index is 562. The monoisotopic (exact) mass is 430 g/mol. The van der Waals surface area contributed by atoms with Crippen molar-refractivity contribution in [2.45, 2.75) is 60.3 Å². The van der Waals surface area contributed by atoms with Gasteiger partial charge in [-0.15, -0.1) is 24.8 Å². The fraction of sp³-hybridized carbons (Fsp3) is 0.500.